The van der Waals surface area contributed by atoms with Gasteiger partial charge in [0, 0.05) is 31.2 Å². The van der Waals surface area contributed by atoms with E-state index in [-0.39, 0.29) is 24.0 Å². The van der Waals surface area contributed by atoms with Crippen molar-refractivity contribution >= 4 is 45.9 Å². The van der Waals surface area contributed by atoms with Crippen LogP contribution in [0.25, 0.3) is 0 Å². The summed E-state index contributed by atoms with van der Waals surface area (Å²) in [7, 11) is 3.93. The number of rotatable bonds is 3. The lowest BCUT2D eigenvalue weighted by Gasteiger charge is -2.31. The number of guanidine groups is 1. The zero-order chi connectivity index (χ0) is 13.0. The number of nitrogens with zero attached hydrogens (tertiary/aromatic N) is 2. The molecule has 1 fully saturated rings. The molecule has 0 aromatic heterocycles. The standard InChI is InChI=1S/C14H20BrN3.HI/c1-16-14(17-13-4-3-5-13)18(2)10-11-6-8-12(15)9-7-11;/h6-9,13H,3-5,10H2,1-2H3,(H,16,17);1H. The molecule has 1 aromatic rings. The van der Waals surface area contributed by atoms with Crippen LogP contribution in [0.5, 0.6) is 0 Å². The van der Waals surface area contributed by atoms with E-state index in [1.54, 1.807) is 0 Å². The summed E-state index contributed by atoms with van der Waals surface area (Å²) < 4.78 is 1.12. The average molecular weight is 438 g/mol. The summed E-state index contributed by atoms with van der Waals surface area (Å²) in [6.07, 6.45) is 3.88. The van der Waals surface area contributed by atoms with Gasteiger partial charge in [0.1, 0.15) is 0 Å². The lowest BCUT2D eigenvalue weighted by molar-refractivity contribution is 0.359. The van der Waals surface area contributed by atoms with Crippen LogP contribution in [0.4, 0.5) is 0 Å². The Hall–Kier alpha value is -0.300. The molecule has 0 spiro atoms. The maximum absolute atomic E-state index is 4.35. The Morgan fingerprint density at radius 2 is 2.00 bits per heavy atom. The first-order valence-corrected chi connectivity index (χ1v) is 7.17. The van der Waals surface area contributed by atoms with E-state index < -0.39 is 0 Å². The fourth-order valence-electron chi connectivity index (χ4n) is 2.02. The molecule has 19 heavy (non-hydrogen) atoms. The highest BCUT2D eigenvalue weighted by atomic mass is 127. The summed E-state index contributed by atoms with van der Waals surface area (Å²) in [5.41, 5.74) is 1.29. The predicted octanol–water partition coefficient (Wildman–Crippen LogP) is 3.63. The molecule has 0 unspecified atom stereocenters. The predicted molar refractivity (Wildman–Crippen MR) is 95.2 cm³/mol. The monoisotopic (exact) mass is 437 g/mol. The average Bonchev–Trinajstić information content (AvgIpc) is 2.31. The summed E-state index contributed by atoms with van der Waals surface area (Å²) in [6, 6.07) is 9.04. The zero-order valence-corrected chi connectivity index (χ0v) is 15.3. The largest absolute Gasteiger partial charge is 0.354 e. The van der Waals surface area contributed by atoms with Gasteiger partial charge in [-0.25, -0.2) is 0 Å². The van der Waals surface area contributed by atoms with E-state index in [9.17, 15) is 0 Å². The van der Waals surface area contributed by atoms with Gasteiger partial charge in [-0.1, -0.05) is 28.1 Å². The molecule has 0 saturated heterocycles. The summed E-state index contributed by atoms with van der Waals surface area (Å²) >= 11 is 3.45. The zero-order valence-electron chi connectivity index (χ0n) is 11.4. The lowest BCUT2D eigenvalue weighted by atomic mass is 9.93. The van der Waals surface area contributed by atoms with Crippen LogP contribution < -0.4 is 5.32 Å². The molecular weight excluding hydrogens is 417 g/mol. The molecule has 1 aliphatic carbocycles. The van der Waals surface area contributed by atoms with Gasteiger partial charge < -0.3 is 10.2 Å². The van der Waals surface area contributed by atoms with E-state index in [1.165, 1.54) is 24.8 Å². The van der Waals surface area contributed by atoms with Crippen LogP contribution in [0.1, 0.15) is 24.8 Å². The van der Waals surface area contributed by atoms with Gasteiger partial charge in [-0.05, 0) is 37.0 Å². The number of aliphatic imine (C=N–C) groups is 1. The molecule has 106 valence electrons. The van der Waals surface area contributed by atoms with E-state index in [4.69, 9.17) is 0 Å². The molecule has 1 aromatic carbocycles. The minimum Gasteiger partial charge on any atom is -0.354 e. The van der Waals surface area contributed by atoms with E-state index in [1.807, 2.05) is 7.05 Å². The molecule has 2 rings (SSSR count). The molecule has 3 nitrogen and oxygen atoms in total. The first-order chi connectivity index (χ1) is 8.69. The van der Waals surface area contributed by atoms with Crippen molar-refractivity contribution < 1.29 is 0 Å². The van der Waals surface area contributed by atoms with Crippen LogP contribution in [0.15, 0.2) is 33.7 Å². The Labute approximate surface area is 141 Å². The van der Waals surface area contributed by atoms with E-state index in [2.05, 4.69) is 62.5 Å². The molecule has 0 radical (unpaired) electrons. The first kappa shape index (κ1) is 16.8. The maximum Gasteiger partial charge on any atom is 0.193 e. The maximum atomic E-state index is 4.35. The Balaban J connectivity index is 0.00000180. The third-order valence-corrected chi connectivity index (χ3v) is 3.87. The summed E-state index contributed by atoms with van der Waals surface area (Å²) in [5, 5.41) is 3.50. The van der Waals surface area contributed by atoms with Gasteiger partial charge in [0.05, 0.1) is 0 Å². The molecule has 1 N–H and O–H groups in total. The first-order valence-electron chi connectivity index (χ1n) is 6.38. The second-order valence-corrected chi connectivity index (χ2v) is 5.72. The Kier molecular flexibility index (Phi) is 7.13. The quantitative estimate of drug-likeness (QED) is 0.444. The van der Waals surface area contributed by atoms with Gasteiger partial charge in [0.25, 0.3) is 0 Å². The normalized spacial score (nSPS) is 15.4. The molecule has 0 aliphatic heterocycles. The van der Waals surface area contributed by atoms with Crippen LogP contribution >= 0.6 is 39.9 Å². The molecule has 1 aliphatic rings. The van der Waals surface area contributed by atoms with E-state index in [0.717, 1.165) is 17.0 Å². The highest BCUT2D eigenvalue weighted by molar-refractivity contribution is 14.0. The highest BCUT2D eigenvalue weighted by Gasteiger charge is 2.19. The molecule has 0 amide bonds. The number of hydrogen-bond donors (Lipinski definition) is 1. The second-order valence-electron chi connectivity index (χ2n) is 4.80. The smallest absolute Gasteiger partial charge is 0.193 e. The summed E-state index contributed by atoms with van der Waals surface area (Å²) in [6.45, 7) is 0.875. The van der Waals surface area contributed by atoms with Crippen molar-refractivity contribution in [2.75, 3.05) is 14.1 Å². The van der Waals surface area contributed by atoms with Crippen molar-refractivity contribution in [3.8, 4) is 0 Å². The van der Waals surface area contributed by atoms with Crippen LogP contribution in [0, 0.1) is 0 Å². The van der Waals surface area contributed by atoms with Crippen LogP contribution in [-0.4, -0.2) is 31.0 Å². The summed E-state index contributed by atoms with van der Waals surface area (Å²) in [4.78, 5) is 6.51. The van der Waals surface area contributed by atoms with Gasteiger partial charge >= 0.3 is 0 Å². The van der Waals surface area contributed by atoms with E-state index in [0.29, 0.717) is 6.04 Å². The number of nitrogens with one attached hydrogen (secondary N) is 1. The SMILES string of the molecule is CN=C(NC1CCC1)N(C)Cc1ccc(Br)cc1.I. The van der Waals surface area contributed by atoms with Gasteiger partial charge in [-0.15, -0.1) is 24.0 Å². The van der Waals surface area contributed by atoms with Crippen molar-refractivity contribution in [1.82, 2.24) is 10.2 Å². The second kappa shape index (κ2) is 8.09. The lowest BCUT2D eigenvalue weighted by Crippen LogP contribution is -2.46. The molecule has 1 saturated carbocycles. The van der Waals surface area contributed by atoms with Crippen LogP contribution in [0.3, 0.4) is 0 Å². The van der Waals surface area contributed by atoms with Crippen molar-refractivity contribution in [2.45, 2.75) is 31.8 Å². The Morgan fingerprint density at radius 1 is 1.37 bits per heavy atom. The van der Waals surface area contributed by atoms with Crippen molar-refractivity contribution in [3.05, 3.63) is 34.3 Å². The fraction of sp³-hybridized carbons (Fsp3) is 0.500. The number of halogens is 2. The van der Waals surface area contributed by atoms with Crippen molar-refractivity contribution in [1.29, 1.82) is 0 Å². The van der Waals surface area contributed by atoms with Crippen LogP contribution in [-0.2, 0) is 6.54 Å². The Morgan fingerprint density at radius 3 is 2.47 bits per heavy atom. The van der Waals surface area contributed by atoms with Gasteiger partial charge in [-0.3, -0.25) is 4.99 Å². The third kappa shape index (κ3) is 4.95. The molecule has 0 bridgehead atoms. The highest BCUT2D eigenvalue weighted by Crippen LogP contribution is 2.18. The van der Waals surface area contributed by atoms with Gasteiger partial charge in [0.2, 0.25) is 0 Å². The number of benzene rings is 1. The minimum atomic E-state index is 0. The van der Waals surface area contributed by atoms with Crippen molar-refractivity contribution in [2.24, 2.45) is 4.99 Å². The molecule has 5 heteroatoms. The molecule has 0 atom stereocenters. The van der Waals surface area contributed by atoms with Crippen LogP contribution in [0.2, 0.25) is 0 Å². The molecular formula is C14H21BrIN3. The number of hydrogen-bond acceptors (Lipinski definition) is 1. The summed E-state index contributed by atoms with van der Waals surface area (Å²) in [5.74, 6) is 0.989. The topological polar surface area (TPSA) is 27.6 Å². The van der Waals surface area contributed by atoms with Gasteiger partial charge in [-0.2, -0.15) is 0 Å². The van der Waals surface area contributed by atoms with E-state index >= 15 is 0 Å². The van der Waals surface area contributed by atoms with Gasteiger partial charge in [0.15, 0.2) is 5.96 Å². The minimum absolute atomic E-state index is 0. The third-order valence-electron chi connectivity index (χ3n) is 3.34. The fourth-order valence-corrected chi connectivity index (χ4v) is 2.28. The van der Waals surface area contributed by atoms with Crippen molar-refractivity contribution in [3.63, 3.8) is 0 Å². The molecule has 0 heterocycles. The Bertz CT molecular complexity index is 415.